The molecule has 0 bridgehead atoms. The summed E-state index contributed by atoms with van der Waals surface area (Å²) in [5.74, 6) is 1.42. The van der Waals surface area contributed by atoms with Crippen LogP contribution in [0.1, 0.15) is 43.2 Å². The lowest BCUT2D eigenvalue weighted by molar-refractivity contribution is -0.134. The lowest BCUT2D eigenvalue weighted by Crippen LogP contribution is -2.37. The van der Waals surface area contributed by atoms with E-state index in [1.165, 1.54) is 0 Å². The van der Waals surface area contributed by atoms with Gasteiger partial charge in [-0.2, -0.15) is 5.10 Å². The summed E-state index contributed by atoms with van der Waals surface area (Å²) >= 11 is 0. The number of nitrogens with two attached hydrogens (primary N) is 1. The van der Waals surface area contributed by atoms with Crippen molar-refractivity contribution in [3.05, 3.63) is 35.9 Å². The summed E-state index contributed by atoms with van der Waals surface area (Å²) in [5, 5.41) is 4.28. The number of hydrogen-bond acceptors (Lipinski definition) is 4. The number of aromatic nitrogens is 2. The quantitative estimate of drug-likeness (QED) is 0.945. The first-order valence-corrected chi connectivity index (χ1v) is 7.78. The van der Waals surface area contributed by atoms with E-state index >= 15 is 0 Å². The summed E-state index contributed by atoms with van der Waals surface area (Å²) in [6.45, 7) is 2.80. The van der Waals surface area contributed by atoms with Crippen LogP contribution in [0.3, 0.4) is 0 Å². The second-order valence-electron chi connectivity index (χ2n) is 5.84. The van der Waals surface area contributed by atoms with E-state index in [9.17, 15) is 4.79 Å². The Morgan fingerprint density at radius 1 is 1.45 bits per heavy atom. The highest BCUT2D eigenvalue weighted by atomic mass is 16.3. The highest BCUT2D eigenvalue weighted by molar-refractivity contribution is 5.76. The minimum absolute atomic E-state index is 0.0166. The zero-order valence-corrected chi connectivity index (χ0v) is 12.9. The molecule has 1 aliphatic rings. The Balaban J connectivity index is 1.79. The largest absolute Gasteiger partial charge is 0.467 e. The van der Waals surface area contributed by atoms with E-state index in [2.05, 4.69) is 5.10 Å². The van der Waals surface area contributed by atoms with Crippen LogP contribution in [0.5, 0.6) is 0 Å². The summed E-state index contributed by atoms with van der Waals surface area (Å²) in [6, 6.07) is 5.61. The fourth-order valence-electron chi connectivity index (χ4n) is 3.09. The molecule has 2 N–H and O–H groups in total. The fraction of sp³-hybridized carbons (Fsp3) is 0.500. The van der Waals surface area contributed by atoms with Crippen LogP contribution >= 0.6 is 0 Å². The second kappa shape index (κ2) is 6.25. The molecule has 1 amide bonds. The molecule has 22 heavy (non-hydrogen) atoms. The predicted octanol–water partition coefficient (Wildman–Crippen LogP) is 2.51. The zero-order chi connectivity index (χ0) is 15.5. The van der Waals surface area contributed by atoms with Crippen LogP contribution in [0.2, 0.25) is 0 Å². The van der Waals surface area contributed by atoms with E-state index in [0.717, 1.165) is 43.7 Å². The number of carbonyl (C=O) groups is 1. The number of furan rings is 1. The van der Waals surface area contributed by atoms with E-state index in [0.29, 0.717) is 5.82 Å². The molecule has 1 fully saturated rings. The van der Waals surface area contributed by atoms with Crippen molar-refractivity contribution in [2.24, 2.45) is 0 Å². The number of anilines is 1. The Hall–Kier alpha value is -2.24. The van der Waals surface area contributed by atoms with Crippen LogP contribution in [0.25, 0.3) is 0 Å². The number of carbonyl (C=O) groups excluding carboxylic acids is 1. The van der Waals surface area contributed by atoms with Gasteiger partial charge in [-0.25, -0.2) is 4.68 Å². The van der Waals surface area contributed by atoms with Crippen LogP contribution in [0.4, 0.5) is 5.82 Å². The predicted molar refractivity (Wildman–Crippen MR) is 83.0 cm³/mol. The molecule has 0 radical (unpaired) electrons. The Kier molecular flexibility index (Phi) is 4.18. The van der Waals surface area contributed by atoms with E-state index in [-0.39, 0.29) is 18.5 Å². The van der Waals surface area contributed by atoms with Crippen LogP contribution in [-0.2, 0) is 11.3 Å². The molecular formula is C16H22N4O2. The van der Waals surface area contributed by atoms with Crippen LogP contribution < -0.4 is 5.73 Å². The van der Waals surface area contributed by atoms with Crippen molar-refractivity contribution in [3.8, 4) is 0 Å². The maximum absolute atomic E-state index is 12.8. The monoisotopic (exact) mass is 302 g/mol. The molecule has 0 spiro atoms. The van der Waals surface area contributed by atoms with Crippen molar-refractivity contribution in [2.75, 3.05) is 12.3 Å². The van der Waals surface area contributed by atoms with Gasteiger partial charge in [0, 0.05) is 12.6 Å². The molecule has 0 aliphatic carbocycles. The molecular weight excluding hydrogens is 280 g/mol. The van der Waals surface area contributed by atoms with Gasteiger partial charge in [-0.3, -0.25) is 4.79 Å². The first kappa shape index (κ1) is 14.7. The van der Waals surface area contributed by atoms with Crippen molar-refractivity contribution in [3.63, 3.8) is 0 Å². The molecule has 1 unspecified atom stereocenters. The summed E-state index contributed by atoms with van der Waals surface area (Å²) in [7, 11) is 0. The minimum Gasteiger partial charge on any atom is -0.467 e. The number of likely N-dealkylation sites (tertiary alicyclic amines) is 1. The van der Waals surface area contributed by atoms with E-state index in [4.69, 9.17) is 10.2 Å². The van der Waals surface area contributed by atoms with Gasteiger partial charge in [0.25, 0.3) is 0 Å². The lowest BCUT2D eigenvalue weighted by Gasteiger charge is -2.28. The molecule has 3 heterocycles. The molecule has 1 aliphatic heterocycles. The van der Waals surface area contributed by atoms with Gasteiger partial charge in [0.05, 0.1) is 18.0 Å². The molecule has 2 aromatic heterocycles. The number of nitrogen functional groups attached to an aromatic ring is 1. The molecule has 3 rings (SSSR count). The van der Waals surface area contributed by atoms with Crippen LogP contribution in [0.15, 0.2) is 28.9 Å². The van der Waals surface area contributed by atoms with Crippen LogP contribution in [-0.4, -0.2) is 27.1 Å². The average molecular weight is 302 g/mol. The van der Waals surface area contributed by atoms with Crippen molar-refractivity contribution in [1.29, 1.82) is 0 Å². The number of rotatable bonds is 3. The minimum atomic E-state index is 0.0166. The molecule has 118 valence electrons. The molecule has 0 aromatic carbocycles. The Morgan fingerprint density at radius 2 is 2.32 bits per heavy atom. The van der Waals surface area contributed by atoms with Gasteiger partial charge in [-0.05, 0) is 31.9 Å². The maximum atomic E-state index is 12.8. The summed E-state index contributed by atoms with van der Waals surface area (Å²) < 4.78 is 7.12. The normalized spacial score (nSPS) is 19.1. The van der Waals surface area contributed by atoms with Gasteiger partial charge in [-0.1, -0.05) is 12.8 Å². The van der Waals surface area contributed by atoms with Gasteiger partial charge >= 0.3 is 0 Å². The van der Waals surface area contributed by atoms with Crippen LogP contribution in [0, 0.1) is 6.92 Å². The van der Waals surface area contributed by atoms with Crippen molar-refractivity contribution >= 4 is 11.7 Å². The highest BCUT2D eigenvalue weighted by Crippen LogP contribution is 2.30. The number of hydrogen-bond donors (Lipinski definition) is 1. The Morgan fingerprint density at radius 3 is 3.00 bits per heavy atom. The Bertz CT molecular complexity index is 633. The lowest BCUT2D eigenvalue weighted by atomic mass is 10.1. The average Bonchev–Trinajstić information content (AvgIpc) is 3.03. The molecule has 6 heteroatoms. The standard InChI is InChI=1S/C16H22N4O2/c1-12-10-15(17)20(18-12)11-16(21)19-8-4-2-3-6-13(19)14-7-5-9-22-14/h5,7,9-10,13H,2-4,6,8,11,17H2,1H3. The zero-order valence-electron chi connectivity index (χ0n) is 12.9. The third-order valence-corrected chi connectivity index (χ3v) is 4.16. The number of nitrogens with zero attached hydrogens (tertiary/aromatic N) is 3. The van der Waals surface area contributed by atoms with E-state index in [1.807, 2.05) is 24.0 Å². The van der Waals surface area contributed by atoms with Gasteiger partial charge in [0.15, 0.2) is 0 Å². The summed E-state index contributed by atoms with van der Waals surface area (Å²) in [6.07, 6.45) is 5.88. The van der Waals surface area contributed by atoms with Gasteiger partial charge in [0.1, 0.15) is 18.1 Å². The third-order valence-electron chi connectivity index (χ3n) is 4.16. The first-order valence-electron chi connectivity index (χ1n) is 7.78. The van der Waals surface area contributed by atoms with Gasteiger partial charge in [-0.15, -0.1) is 0 Å². The maximum Gasteiger partial charge on any atom is 0.245 e. The van der Waals surface area contributed by atoms with E-state index < -0.39 is 0 Å². The fourth-order valence-corrected chi connectivity index (χ4v) is 3.09. The molecule has 2 aromatic rings. The van der Waals surface area contributed by atoms with Crippen molar-refractivity contribution in [2.45, 2.75) is 45.2 Å². The summed E-state index contributed by atoms with van der Waals surface area (Å²) in [4.78, 5) is 14.7. The molecule has 0 saturated carbocycles. The van der Waals surface area contributed by atoms with E-state index in [1.54, 1.807) is 17.0 Å². The molecule has 6 nitrogen and oxygen atoms in total. The molecule has 1 saturated heterocycles. The first-order chi connectivity index (χ1) is 10.6. The number of aryl methyl sites for hydroxylation is 1. The topological polar surface area (TPSA) is 77.3 Å². The van der Waals surface area contributed by atoms with Crippen molar-refractivity contribution < 1.29 is 9.21 Å². The third kappa shape index (κ3) is 3.00. The van der Waals surface area contributed by atoms with Gasteiger partial charge in [0.2, 0.25) is 5.91 Å². The number of amides is 1. The van der Waals surface area contributed by atoms with Crippen molar-refractivity contribution in [1.82, 2.24) is 14.7 Å². The SMILES string of the molecule is Cc1cc(N)n(CC(=O)N2CCCCCC2c2ccco2)n1. The smallest absolute Gasteiger partial charge is 0.245 e. The van der Waals surface area contributed by atoms with Gasteiger partial charge < -0.3 is 15.1 Å². The second-order valence-corrected chi connectivity index (χ2v) is 5.84. The highest BCUT2D eigenvalue weighted by Gasteiger charge is 2.28. The molecule has 1 atom stereocenters. The Labute approximate surface area is 129 Å². The summed E-state index contributed by atoms with van der Waals surface area (Å²) in [5.41, 5.74) is 6.71.